The summed E-state index contributed by atoms with van der Waals surface area (Å²) in [6, 6.07) is 7.13. The van der Waals surface area contributed by atoms with E-state index in [-0.39, 0.29) is 24.1 Å². The molecule has 1 aromatic heterocycles. The van der Waals surface area contributed by atoms with Gasteiger partial charge in [-0.2, -0.15) is 0 Å². The maximum Gasteiger partial charge on any atom is 0.228 e. The highest BCUT2D eigenvalue weighted by Gasteiger charge is 2.31. The van der Waals surface area contributed by atoms with E-state index in [4.69, 9.17) is 4.74 Å². The molecule has 1 saturated heterocycles. The molecule has 1 atom stereocenters. The van der Waals surface area contributed by atoms with Crippen molar-refractivity contribution >= 4 is 21.6 Å². The number of hydrogen-bond donors (Lipinski definition) is 1. The number of sulfonamides is 1. The van der Waals surface area contributed by atoms with Gasteiger partial charge >= 0.3 is 0 Å². The van der Waals surface area contributed by atoms with Gasteiger partial charge in [-0.1, -0.05) is 6.92 Å². The second-order valence-corrected chi connectivity index (χ2v) is 9.36. The molecule has 2 aromatic rings. The monoisotopic (exact) mass is 420 g/mol. The van der Waals surface area contributed by atoms with Gasteiger partial charge in [0.05, 0.1) is 11.7 Å². The zero-order chi connectivity index (χ0) is 20.9. The number of ether oxygens (including phenoxy) is 1. The molecule has 2 heterocycles. The van der Waals surface area contributed by atoms with Crippen LogP contribution in [0.15, 0.2) is 36.7 Å². The number of rotatable bonds is 8. The van der Waals surface area contributed by atoms with Crippen LogP contribution in [-0.4, -0.2) is 47.0 Å². The lowest BCUT2D eigenvalue weighted by Crippen LogP contribution is -2.44. The highest BCUT2D eigenvalue weighted by Crippen LogP contribution is 2.23. The lowest BCUT2D eigenvalue weighted by molar-refractivity contribution is -0.120. The van der Waals surface area contributed by atoms with Crippen molar-refractivity contribution in [3.05, 3.63) is 42.5 Å². The maximum absolute atomic E-state index is 12.6. The summed E-state index contributed by atoms with van der Waals surface area (Å²) >= 11 is 0. The fourth-order valence-corrected chi connectivity index (χ4v) is 4.95. The van der Waals surface area contributed by atoms with Crippen LogP contribution in [0.5, 0.6) is 5.75 Å². The Bertz CT molecular complexity index is 924. The minimum atomic E-state index is -3.28. The predicted octanol–water partition coefficient (Wildman–Crippen LogP) is 2.39. The Morgan fingerprint density at radius 3 is 2.72 bits per heavy atom. The van der Waals surface area contributed by atoms with E-state index in [1.54, 1.807) is 30.5 Å². The SMILES string of the molecule is CCCS(=O)(=O)N1CCCC(C(=O)Nc2ccc(OCc3nccn3C)cc2)C1. The number of nitrogens with one attached hydrogen (secondary N) is 1. The first-order chi connectivity index (χ1) is 13.9. The van der Waals surface area contributed by atoms with Crippen molar-refractivity contribution in [2.24, 2.45) is 13.0 Å². The molecule has 1 aromatic carbocycles. The average Bonchev–Trinajstić information content (AvgIpc) is 3.12. The number of nitrogens with zero attached hydrogens (tertiary/aromatic N) is 3. The summed E-state index contributed by atoms with van der Waals surface area (Å²) in [6.07, 6.45) is 5.54. The number of carbonyl (C=O) groups is 1. The first kappa shape index (κ1) is 21.3. The van der Waals surface area contributed by atoms with Gasteiger partial charge in [-0.05, 0) is 43.5 Å². The molecule has 0 bridgehead atoms. The fraction of sp³-hybridized carbons (Fsp3) is 0.500. The van der Waals surface area contributed by atoms with Crippen molar-refractivity contribution in [2.75, 3.05) is 24.2 Å². The molecule has 29 heavy (non-hydrogen) atoms. The van der Waals surface area contributed by atoms with Gasteiger partial charge in [-0.3, -0.25) is 4.79 Å². The summed E-state index contributed by atoms with van der Waals surface area (Å²) in [4.78, 5) is 16.8. The Labute approximate surface area is 171 Å². The molecule has 1 aliphatic rings. The highest BCUT2D eigenvalue weighted by molar-refractivity contribution is 7.89. The molecule has 3 rings (SSSR count). The molecular formula is C20H28N4O4S. The Hall–Kier alpha value is -2.39. The van der Waals surface area contributed by atoms with E-state index >= 15 is 0 Å². The molecule has 8 nitrogen and oxygen atoms in total. The van der Waals surface area contributed by atoms with Gasteiger partial charge in [0.15, 0.2) is 0 Å². The van der Waals surface area contributed by atoms with Crippen molar-refractivity contribution in [3.63, 3.8) is 0 Å². The quantitative estimate of drug-likeness (QED) is 0.708. The molecule has 9 heteroatoms. The molecule has 0 spiro atoms. The topological polar surface area (TPSA) is 93.5 Å². The van der Waals surface area contributed by atoms with Crippen LogP contribution in [0, 0.1) is 5.92 Å². The third-order valence-electron chi connectivity index (χ3n) is 5.02. The van der Waals surface area contributed by atoms with Gasteiger partial charge in [0.25, 0.3) is 0 Å². The Morgan fingerprint density at radius 2 is 2.07 bits per heavy atom. The summed E-state index contributed by atoms with van der Waals surface area (Å²) in [7, 11) is -1.37. The van der Waals surface area contributed by atoms with E-state index in [0.29, 0.717) is 43.9 Å². The predicted molar refractivity (Wildman–Crippen MR) is 111 cm³/mol. The first-order valence-electron chi connectivity index (χ1n) is 9.87. The molecule has 1 N–H and O–H groups in total. The average molecular weight is 421 g/mol. The number of imidazole rings is 1. The van der Waals surface area contributed by atoms with Crippen molar-refractivity contribution < 1.29 is 17.9 Å². The molecule has 0 aliphatic carbocycles. The standard InChI is InChI=1S/C20H28N4O4S/c1-3-13-29(26,27)24-11-4-5-16(14-24)20(25)22-17-6-8-18(9-7-17)28-15-19-21-10-12-23(19)2/h6-10,12,16H,3-5,11,13-15H2,1-2H3,(H,22,25). The molecule has 1 fully saturated rings. The van der Waals surface area contributed by atoms with Crippen LogP contribution in [0.2, 0.25) is 0 Å². The number of aryl methyl sites for hydroxylation is 1. The smallest absolute Gasteiger partial charge is 0.228 e. The van der Waals surface area contributed by atoms with Crippen LogP contribution in [0.3, 0.4) is 0 Å². The van der Waals surface area contributed by atoms with Crippen molar-refractivity contribution in [2.45, 2.75) is 32.8 Å². The number of amides is 1. The van der Waals surface area contributed by atoms with E-state index in [1.165, 1.54) is 4.31 Å². The Kier molecular flexibility index (Phi) is 6.92. The van der Waals surface area contributed by atoms with Crippen LogP contribution >= 0.6 is 0 Å². The van der Waals surface area contributed by atoms with Gasteiger partial charge in [0, 0.05) is 38.2 Å². The van der Waals surface area contributed by atoms with E-state index in [0.717, 1.165) is 5.82 Å². The zero-order valence-electron chi connectivity index (χ0n) is 16.9. The first-order valence-corrected chi connectivity index (χ1v) is 11.5. The minimum absolute atomic E-state index is 0.126. The van der Waals surface area contributed by atoms with Crippen LogP contribution in [0.25, 0.3) is 0 Å². The molecule has 0 saturated carbocycles. The fourth-order valence-electron chi connectivity index (χ4n) is 3.36. The van der Waals surface area contributed by atoms with Crippen LogP contribution < -0.4 is 10.1 Å². The highest BCUT2D eigenvalue weighted by atomic mass is 32.2. The van der Waals surface area contributed by atoms with Gasteiger partial charge in [-0.25, -0.2) is 17.7 Å². The number of piperidine rings is 1. The Morgan fingerprint density at radius 1 is 1.31 bits per heavy atom. The minimum Gasteiger partial charge on any atom is -0.486 e. The summed E-state index contributed by atoms with van der Waals surface area (Å²) in [5, 5.41) is 2.89. The summed E-state index contributed by atoms with van der Waals surface area (Å²) < 4.78 is 33.6. The molecule has 158 valence electrons. The zero-order valence-corrected chi connectivity index (χ0v) is 17.7. The largest absolute Gasteiger partial charge is 0.486 e. The molecule has 0 radical (unpaired) electrons. The lowest BCUT2D eigenvalue weighted by atomic mass is 9.99. The summed E-state index contributed by atoms with van der Waals surface area (Å²) in [5.74, 6) is 1.14. The number of hydrogen-bond acceptors (Lipinski definition) is 5. The van der Waals surface area contributed by atoms with Gasteiger partial charge in [-0.15, -0.1) is 0 Å². The molecular weight excluding hydrogens is 392 g/mol. The molecule has 1 unspecified atom stereocenters. The van der Waals surface area contributed by atoms with Crippen LogP contribution in [-0.2, 0) is 28.5 Å². The summed E-state index contributed by atoms with van der Waals surface area (Å²) in [6.45, 7) is 2.95. The van der Waals surface area contributed by atoms with Gasteiger partial charge in [0.2, 0.25) is 15.9 Å². The van der Waals surface area contributed by atoms with Crippen molar-refractivity contribution in [3.8, 4) is 5.75 Å². The van der Waals surface area contributed by atoms with Gasteiger partial charge in [0.1, 0.15) is 18.2 Å². The number of anilines is 1. The molecule has 1 aliphatic heterocycles. The Balaban J connectivity index is 1.54. The number of benzene rings is 1. The van der Waals surface area contributed by atoms with Gasteiger partial charge < -0.3 is 14.6 Å². The van der Waals surface area contributed by atoms with Crippen LogP contribution in [0.1, 0.15) is 32.0 Å². The normalized spacial score (nSPS) is 17.8. The van der Waals surface area contributed by atoms with E-state index in [1.807, 2.05) is 24.7 Å². The van der Waals surface area contributed by atoms with Crippen LogP contribution in [0.4, 0.5) is 5.69 Å². The van der Waals surface area contributed by atoms with Crippen molar-refractivity contribution in [1.29, 1.82) is 0 Å². The van der Waals surface area contributed by atoms with E-state index in [2.05, 4.69) is 10.3 Å². The number of aromatic nitrogens is 2. The number of carbonyl (C=O) groups excluding carboxylic acids is 1. The lowest BCUT2D eigenvalue weighted by Gasteiger charge is -2.31. The maximum atomic E-state index is 12.6. The summed E-state index contributed by atoms with van der Waals surface area (Å²) in [5.41, 5.74) is 0.660. The third kappa shape index (κ3) is 5.57. The third-order valence-corrected chi connectivity index (χ3v) is 7.06. The second kappa shape index (κ2) is 9.41. The second-order valence-electron chi connectivity index (χ2n) is 7.27. The van der Waals surface area contributed by atoms with E-state index in [9.17, 15) is 13.2 Å². The van der Waals surface area contributed by atoms with Crippen molar-refractivity contribution in [1.82, 2.24) is 13.9 Å². The van der Waals surface area contributed by atoms with E-state index < -0.39 is 10.0 Å². The molecule has 1 amide bonds.